The molecule has 0 saturated carbocycles. The first-order valence-electron chi connectivity index (χ1n) is 5.14. The molecule has 1 amide bonds. The van der Waals surface area contributed by atoms with Crippen LogP contribution in [0.4, 0.5) is 0 Å². The van der Waals surface area contributed by atoms with E-state index in [1.807, 2.05) is 6.92 Å². The van der Waals surface area contributed by atoms with E-state index in [2.05, 4.69) is 15.9 Å². The average Bonchev–Trinajstić information content (AvgIpc) is 2.23. The molecule has 1 aromatic carbocycles. The quantitative estimate of drug-likeness (QED) is 0.766. The Balaban J connectivity index is 3.04. The Labute approximate surface area is 108 Å². The van der Waals surface area contributed by atoms with E-state index >= 15 is 0 Å². The molecule has 0 spiro atoms. The molecule has 0 bridgehead atoms. The Morgan fingerprint density at radius 2 is 2.24 bits per heavy atom. The van der Waals surface area contributed by atoms with E-state index in [4.69, 9.17) is 16.2 Å². The standard InChI is InChI=1S/C11H15BrN2O3/c1-2-17-9-4-6(3-7(12)11(9)16)8(13)5-10(14)15/h3-4,8,16H,2,5,13H2,1H3,(H2,14,15). The summed E-state index contributed by atoms with van der Waals surface area (Å²) in [7, 11) is 0. The number of halogens is 1. The molecular formula is C11H15BrN2O3. The highest BCUT2D eigenvalue weighted by atomic mass is 79.9. The molecule has 1 unspecified atom stereocenters. The predicted octanol–water partition coefficient (Wildman–Crippen LogP) is 1.43. The number of ether oxygens (including phenoxy) is 1. The molecule has 5 nitrogen and oxygen atoms in total. The first-order valence-corrected chi connectivity index (χ1v) is 5.94. The molecule has 0 aliphatic rings. The fourth-order valence-electron chi connectivity index (χ4n) is 1.41. The predicted molar refractivity (Wildman–Crippen MR) is 67.7 cm³/mol. The summed E-state index contributed by atoms with van der Waals surface area (Å²) in [6.07, 6.45) is 0.0444. The van der Waals surface area contributed by atoms with Gasteiger partial charge in [-0.25, -0.2) is 0 Å². The molecule has 0 aromatic heterocycles. The molecule has 5 N–H and O–H groups in total. The smallest absolute Gasteiger partial charge is 0.219 e. The minimum Gasteiger partial charge on any atom is -0.503 e. The SMILES string of the molecule is CCOc1cc(C(N)CC(N)=O)cc(Br)c1O. The Hall–Kier alpha value is -1.27. The maximum Gasteiger partial charge on any atom is 0.219 e. The number of rotatable bonds is 5. The van der Waals surface area contributed by atoms with Crippen LogP contribution in [0.15, 0.2) is 16.6 Å². The summed E-state index contributed by atoms with van der Waals surface area (Å²) in [4.78, 5) is 10.8. The third-order valence-electron chi connectivity index (χ3n) is 2.20. The molecule has 17 heavy (non-hydrogen) atoms. The van der Waals surface area contributed by atoms with Crippen LogP contribution in [0.5, 0.6) is 11.5 Å². The van der Waals surface area contributed by atoms with E-state index in [-0.39, 0.29) is 12.2 Å². The fourth-order valence-corrected chi connectivity index (χ4v) is 1.87. The van der Waals surface area contributed by atoms with Gasteiger partial charge in [-0.3, -0.25) is 4.79 Å². The summed E-state index contributed by atoms with van der Waals surface area (Å²) in [5.74, 6) is -0.127. The molecule has 0 fully saturated rings. The zero-order valence-corrected chi connectivity index (χ0v) is 11.0. The number of hydrogen-bond acceptors (Lipinski definition) is 4. The maximum atomic E-state index is 10.8. The van der Waals surface area contributed by atoms with Gasteiger partial charge in [-0.05, 0) is 40.5 Å². The third-order valence-corrected chi connectivity index (χ3v) is 2.80. The second-order valence-corrected chi connectivity index (χ2v) is 4.41. The van der Waals surface area contributed by atoms with Gasteiger partial charge < -0.3 is 21.3 Å². The Morgan fingerprint density at radius 1 is 1.59 bits per heavy atom. The monoisotopic (exact) mass is 302 g/mol. The first-order chi connectivity index (χ1) is 7.95. The van der Waals surface area contributed by atoms with E-state index in [9.17, 15) is 9.90 Å². The molecular weight excluding hydrogens is 288 g/mol. The summed E-state index contributed by atoms with van der Waals surface area (Å²) >= 11 is 3.20. The van der Waals surface area contributed by atoms with Gasteiger partial charge in [-0.15, -0.1) is 0 Å². The molecule has 0 radical (unpaired) electrons. The minimum absolute atomic E-state index is 0.0156. The van der Waals surface area contributed by atoms with Gasteiger partial charge in [0.05, 0.1) is 11.1 Å². The van der Waals surface area contributed by atoms with Crippen LogP contribution in [0.25, 0.3) is 0 Å². The number of hydrogen-bond donors (Lipinski definition) is 3. The second-order valence-electron chi connectivity index (χ2n) is 3.56. The van der Waals surface area contributed by atoms with Crippen molar-refractivity contribution in [1.82, 2.24) is 0 Å². The van der Waals surface area contributed by atoms with Crippen LogP contribution in [0.1, 0.15) is 24.9 Å². The lowest BCUT2D eigenvalue weighted by atomic mass is 10.0. The summed E-state index contributed by atoms with van der Waals surface area (Å²) in [5.41, 5.74) is 11.6. The average molecular weight is 303 g/mol. The fraction of sp³-hybridized carbons (Fsp3) is 0.364. The topological polar surface area (TPSA) is 98.6 Å². The van der Waals surface area contributed by atoms with Crippen molar-refractivity contribution in [1.29, 1.82) is 0 Å². The lowest BCUT2D eigenvalue weighted by molar-refractivity contribution is -0.118. The van der Waals surface area contributed by atoms with Gasteiger partial charge in [0.25, 0.3) is 0 Å². The molecule has 1 atom stereocenters. The van der Waals surface area contributed by atoms with Crippen molar-refractivity contribution in [2.75, 3.05) is 6.61 Å². The summed E-state index contributed by atoms with van der Waals surface area (Å²) in [6, 6.07) is 2.74. The molecule has 0 aliphatic heterocycles. The highest BCUT2D eigenvalue weighted by molar-refractivity contribution is 9.10. The Kier molecular flexibility index (Phi) is 4.77. The molecule has 0 saturated heterocycles. The van der Waals surface area contributed by atoms with Crippen molar-refractivity contribution in [3.05, 3.63) is 22.2 Å². The number of phenolic OH excluding ortho intramolecular Hbond substituents is 1. The van der Waals surface area contributed by atoms with E-state index in [1.165, 1.54) is 0 Å². The Bertz CT molecular complexity index is 423. The van der Waals surface area contributed by atoms with Crippen LogP contribution in [0.2, 0.25) is 0 Å². The lowest BCUT2D eigenvalue weighted by Gasteiger charge is -2.14. The first kappa shape index (κ1) is 13.8. The van der Waals surface area contributed by atoms with Gasteiger partial charge in [-0.2, -0.15) is 0 Å². The maximum absolute atomic E-state index is 10.8. The lowest BCUT2D eigenvalue weighted by Crippen LogP contribution is -2.20. The van der Waals surface area contributed by atoms with E-state index < -0.39 is 11.9 Å². The molecule has 0 heterocycles. The zero-order valence-electron chi connectivity index (χ0n) is 9.44. The van der Waals surface area contributed by atoms with E-state index in [0.29, 0.717) is 22.4 Å². The number of nitrogens with two attached hydrogens (primary N) is 2. The number of benzene rings is 1. The number of primary amides is 1. The number of carbonyl (C=O) groups excluding carboxylic acids is 1. The number of aromatic hydroxyl groups is 1. The van der Waals surface area contributed by atoms with E-state index in [1.54, 1.807) is 12.1 Å². The molecule has 94 valence electrons. The normalized spacial score (nSPS) is 12.2. The van der Waals surface area contributed by atoms with Crippen LogP contribution in [0.3, 0.4) is 0 Å². The number of amides is 1. The second kappa shape index (κ2) is 5.88. The van der Waals surface area contributed by atoms with Gasteiger partial charge in [-0.1, -0.05) is 0 Å². The van der Waals surface area contributed by atoms with Crippen LogP contribution >= 0.6 is 15.9 Å². The molecule has 1 rings (SSSR count). The highest BCUT2D eigenvalue weighted by Gasteiger charge is 2.15. The van der Waals surface area contributed by atoms with Gasteiger partial charge >= 0.3 is 0 Å². The van der Waals surface area contributed by atoms with Crippen molar-refractivity contribution in [2.45, 2.75) is 19.4 Å². The van der Waals surface area contributed by atoms with Crippen molar-refractivity contribution in [3.8, 4) is 11.5 Å². The van der Waals surface area contributed by atoms with Gasteiger partial charge in [0.15, 0.2) is 11.5 Å². The summed E-state index contributed by atoms with van der Waals surface area (Å²) < 4.78 is 5.73. The van der Waals surface area contributed by atoms with Crippen LogP contribution < -0.4 is 16.2 Å². The largest absolute Gasteiger partial charge is 0.503 e. The third kappa shape index (κ3) is 3.61. The van der Waals surface area contributed by atoms with Crippen molar-refractivity contribution < 1.29 is 14.6 Å². The Morgan fingerprint density at radius 3 is 2.76 bits per heavy atom. The van der Waals surface area contributed by atoms with Crippen LogP contribution in [0, 0.1) is 0 Å². The molecule has 0 aliphatic carbocycles. The molecule has 1 aromatic rings. The molecule has 6 heteroatoms. The van der Waals surface area contributed by atoms with Gasteiger partial charge in [0.2, 0.25) is 5.91 Å². The van der Waals surface area contributed by atoms with Gasteiger partial charge in [0, 0.05) is 12.5 Å². The highest BCUT2D eigenvalue weighted by Crippen LogP contribution is 2.37. The van der Waals surface area contributed by atoms with Gasteiger partial charge in [0.1, 0.15) is 0 Å². The van der Waals surface area contributed by atoms with Crippen LogP contribution in [-0.4, -0.2) is 17.6 Å². The number of phenols is 1. The minimum atomic E-state index is -0.511. The number of carbonyl (C=O) groups is 1. The van der Waals surface area contributed by atoms with E-state index in [0.717, 1.165) is 0 Å². The summed E-state index contributed by atoms with van der Waals surface area (Å²) in [5, 5.41) is 9.71. The zero-order chi connectivity index (χ0) is 13.0. The summed E-state index contributed by atoms with van der Waals surface area (Å²) in [6.45, 7) is 2.23. The van der Waals surface area contributed by atoms with Crippen LogP contribution in [-0.2, 0) is 4.79 Å². The van der Waals surface area contributed by atoms with Crippen molar-refractivity contribution in [3.63, 3.8) is 0 Å². The van der Waals surface area contributed by atoms with Crippen molar-refractivity contribution >= 4 is 21.8 Å². The van der Waals surface area contributed by atoms with Crippen molar-refractivity contribution in [2.24, 2.45) is 11.5 Å².